The van der Waals surface area contributed by atoms with Gasteiger partial charge in [0, 0.05) is 6.07 Å². The zero-order chi connectivity index (χ0) is 15.9. The lowest BCUT2D eigenvalue weighted by Gasteiger charge is -2.23. The third-order valence-electron chi connectivity index (χ3n) is 4.09. The first-order valence-electron chi connectivity index (χ1n) is 7.84. The van der Waals surface area contributed by atoms with Gasteiger partial charge in [-0.05, 0) is 38.9 Å². The van der Waals surface area contributed by atoms with Crippen molar-refractivity contribution in [3.63, 3.8) is 0 Å². The highest BCUT2D eigenvalue weighted by atomic mass is 16.6. The van der Waals surface area contributed by atoms with Gasteiger partial charge < -0.3 is 5.32 Å². The molecular formula is C16H23N3O3. The van der Waals surface area contributed by atoms with Gasteiger partial charge in [0.25, 0.3) is 5.69 Å². The van der Waals surface area contributed by atoms with Crippen LogP contribution >= 0.6 is 0 Å². The van der Waals surface area contributed by atoms with Gasteiger partial charge in [-0.3, -0.25) is 19.8 Å². The maximum absolute atomic E-state index is 12.2. The van der Waals surface area contributed by atoms with Crippen LogP contribution in [0.25, 0.3) is 0 Å². The number of carbonyl (C=O) groups excluding carboxylic acids is 1. The predicted octanol–water partition coefficient (Wildman–Crippen LogP) is 3.11. The van der Waals surface area contributed by atoms with E-state index in [1.807, 2.05) is 0 Å². The number of amides is 1. The fraction of sp³-hybridized carbons (Fsp3) is 0.562. The van der Waals surface area contributed by atoms with E-state index in [-0.39, 0.29) is 11.6 Å². The fourth-order valence-corrected chi connectivity index (χ4v) is 2.82. The number of benzene rings is 1. The molecule has 1 aromatic rings. The Hall–Kier alpha value is -1.95. The number of nitro groups is 1. The van der Waals surface area contributed by atoms with E-state index in [0.717, 1.165) is 25.9 Å². The molecule has 2 rings (SSSR count). The molecule has 0 radical (unpaired) electrons. The van der Waals surface area contributed by atoms with Gasteiger partial charge in [0.2, 0.25) is 5.91 Å². The van der Waals surface area contributed by atoms with Gasteiger partial charge in [-0.25, -0.2) is 0 Å². The molecule has 0 atom stereocenters. The van der Waals surface area contributed by atoms with Gasteiger partial charge in [-0.2, -0.15) is 0 Å². The molecule has 1 heterocycles. The summed E-state index contributed by atoms with van der Waals surface area (Å²) in [6, 6.07) is 4.74. The standard InChI is InChI=1S/C16H23N3O3/c1-13-14(8-7-9-15(13)19(21)22)17-16(20)12-18-10-5-3-2-4-6-11-18/h7-9H,2-6,10-12H2,1H3,(H,17,20). The second kappa shape index (κ2) is 7.89. The highest BCUT2D eigenvalue weighted by Gasteiger charge is 2.16. The quantitative estimate of drug-likeness (QED) is 0.685. The molecule has 1 saturated heterocycles. The first-order valence-corrected chi connectivity index (χ1v) is 7.84. The van der Waals surface area contributed by atoms with E-state index in [1.54, 1.807) is 19.1 Å². The molecule has 1 N–H and O–H groups in total. The molecule has 0 unspecified atom stereocenters. The molecule has 0 aliphatic carbocycles. The van der Waals surface area contributed by atoms with Crippen LogP contribution in [0.5, 0.6) is 0 Å². The van der Waals surface area contributed by atoms with Crippen molar-refractivity contribution in [1.82, 2.24) is 4.90 Å². The molecule has 22 heavy (non-hydrogen) atoms. The lowest BCUT2D eigenvalue weighted by atomic mass is 10.1. The summed E-state index contributed by atoms with van der Waals surface area (Å²) in [4.78, 5) is 24.9. The Morgan fingerprint density at radius 2 is 1.86 bits per heavy atom. The average Bonchev–Trinajstić information content (AvgIpc) is 2.43. The lowest BCUT2D eigenvalue weighted by molar-refractivity contribution is -0.385. The molecule has 0 saturated carbocycles. The minimum Gasteiger partial charge on any atom is -0.324 e. The molecule has 1 fully saturated rings. The second-order valence-electron chi connectivity index (χ2n) is 5.80. The van der Waals surface area contributed by atoms with Crippen LogP contribution in [0, 0.1) is 17.0 Å². The van der Waals surface area contributed by atoms with Crippen LogP contribution in [0.1, 0.15) is 37.7 Å². The minimum atomic E-state index is -0.427. The molecule has 0 bridgehead atoms. The highest BCUT2D eigenvalue weighted by molar-refractivity contribution is 5.93. The van der Waals surface area contributed by atoms with Crippen molar-refractivity contribution >= 4 is 17.3 Å². The first kappa shape index (κ1) is 16.4. The summed E-state index contributed by atoms with van der Waals surface area (Å²) < 4.78 is 0. The van der Waals surface area contributed by atoms with Crippen LogP contribution in [0.4, 0.5) is 11.4 Å². The summed E-state index contributed by atoms with van der Waals surface area (Å²) in [6.07, 6.45) is 5.99. The molecule has 1 aliphatic heterocycles. The van der Waals surface area contributed by atoms with Crippen LogP contribution < -0.4 is 5.32 Å². The summed E-state index contributed by atoms with van der Waals surface area (Å²) in [7, 11) is 0. The zero-order valence-electron chi connectivity index (χ0n) is 13.0. The van der Waals surface area contributed by atoms with Crippen molar-refractivity contribution in [3.8, 4) is 0 Å². The average molecular weight is 305 g/mol. The van der Waals surface area contributed by atoms with E-state index < -0.39 is 4.92 Å². The molecule has 6 nitrogen and oxygen atoms in total. The monoisotopic (exact) mass is 305 g/mol. The molecular weight excluding hydrogens is 282 g/mol. The first-order chi connectivity index (χ1) is 10.6. The summed E-state index contributed by atoms with van der Waals surface area (Å²) in [6.45, 7) is 3.90. The van der Waals surface area contributed by atoms with E-state index in [0.29, 0.717) is 17.8 Å². The Bertz CT molecular complexity index is 537. The van der Waals surface area contributed by atoms with Crippen LogP contribution in [0.2, 0.25) is 0 Å². The van der Waals surface area contributed by atoms with Crippen molar-refractivity contribution in [2.75, 3.05) is 25.0 Å². The Kier molecular flexibility index (Phi) is 5.89. The molecule has 120 valence electrons. The topological polar surface area (TPSA) is 75.5 Å². The number of likely N-dealkylation sites (tertiary alicyclic amines) is 1. The van der Waals surface area contributed by atoms with Crippen molar-refractivity contribution in [2.45, 2.75) is 39.0 Å². The third-order valence-corrected chi connectivity index (χ3v) is 4.09. The number of hydrogen-bond donors (Lipinski definition) is 1. The Labute approximate surface area is 130 Å². The summed E-state index contributed by atoms with van der Waals surface area (Å²) in [5.74, 6) is -0.107. The number of hydrogen-bond acceptors (Lipinski definition) is 4. The van der Waals surface area contributed by atoms with Gasteiger partial charge in [0.15, 0.2) is 0 Å². The van der Waals surface area contributed by atoms with Crippen LogP contribution in [0.3, 0.4) is 0 Å². The molecule has 1 aliphatic rings. The number of nitrogens with one attached hydrogen (secondary N) is 1. The maximum Gasteiger partial charge on any atom is 0.274 e. The van der Waals surface area contributed by atoms with Crippen molar-refractivity contribution in [3.05, 3.63) is 33.9 Å². The summed E-state index contributed by atoms with van der Waals surface area (Å²) >= 11 is 0. The maximum atomic E-state index is 12.2. The third kappa shape index (κ3) is 4.53. The van der Waals surface area contributed by atoms with E-state index in [1.165, 1.54) is 25.3 Å². The van der Waals surface area contributed by atoms with E-state index >= 15 is 0 Å². The van der Waals surface area contributed by atoms with Crippen molar-refractivity contribution < 1.29 is 9.72 Å². The van der Waals surface area contributed by atoms with E-state index in [4.69, 9.17) is 0 Å². The number of nitro benzene ring substituents is 1. The van der Waals surface area contributed by atoms with Crippen molar-refractivity contribution in [1.29, 1.82) is 0 Å². The molecule has 1 amide bonds. The Balaban J connectivity index is 1.96. The second-order valence-corrected chi connectivity index (χ2v) is 5.80. The zero-order valence-corrected chi connectivity index (χ0v) is 13.0. The van der Waals surface area contributed by atoms with Gasteiger partial charge in [-0.15, -0.1) is 0 Å². The Morgan fingerprint density at radius 3 is 2.50 bits per heavy atom. The summed E-state index contributed by atoms with van der Waals surface area (Å²) in [5, 5.41) is 13.7. The Morgan fingerprint density at radius 1 is 1.23 bits per heavy atom. The van der Waals surface area contributed by atoms with E-state index in [2.05, 4.69) is 10.2 Å². The largest absolute Gasteiger partial charge is 0.324 e. The molecule has 0 aromatic heterocycles. The van der Waals surface area contributed by atoms with Gasteiger partial charge in [0.1, 0.15) is 0 Å². The lowest BCUT2D eigenvalue weighted by Crippen LogP contribution is -2.35. The van der Waals surface area contributed by atoms with Gasteiger partial charge in [0.05, 0.1) is 22.7 Å². The SMILES string of the molecule is Cc1c(NC(=O)CN2CCCCCCC2)cccc1[N+](=O)[O-]. The number of rotatable bonds is 4. The van der Waals surface area contributed by atoms with Gasteiger partial charge in [-0.1, -0.05) is 25.3 Å². The van der Waals surface area contributed by atoms with Crippen LogP contribution in [-0.4, -0.2) is 35.4 Å². The smallest absolute Gasteiger partial charge is 0.274 e. The normalized spacial score (nSPS) is 16.6. The fourth-order valence-electron chi connectivity index (χ4n) is 2.82. The number of anilines is 1. The number of nitrogens with zero attached hydrogens (tertiary/aromatic N) is 2. The predicted molar refractivity (Wildman–Crippen MR) is 86.0 cm³/mol. The molecule has 6 heteroatoms. The number of carbonyl (C=O) groups is 1. The minimum absolute atomic E-state index is 0.0315. The highest BCUT2D eigenvalue weighted by Crippen LogP contribution is 2.25. The van der Waals surface area contributed by atoms with Crippen LogP contribution in [0.15, 0.2) is 18.2 Å². The van der Waals surface area contributed by atoms with E-state index in [9.17, 15) is 14.9 Å². The van der Waals surface area contributed by atoms with Crippen LogP contribution in [-0.2, 0) is 4.79 Å². The summed E-state index contributed by atoms with van der Waals surface area (Å²) in [5.41, 5.74) is 1.05. The van der Waals surface area contributed by atoms with Crippen molar-refractivity contribution in [2.24, 2.45) is 0 Å². The molecule has 0 spiro atoms. The molecule has 1 aromatic carbocycles. The van der Waals surface area contributed by atoms with Gasteiger partial charge >= 0.3 is 0 Å².